The lowest BCUT2D eigenvalue weighted by molar-refractivity contribution is 0.0718. The number of carbonyl (C=O) groups is 1. The minimum absolute atomic E-state index is 0.0309. The molecular weight excluding hydrogens is 250 g/mol. The van der Waals surface area contributed by atoms with E-state index < -0.39 is 0 Å². The summed E-state index contributed by atoms with van der Waals surface area (Å²) in [5.74, 6) is 0.0532. The maximum Gasteiger partial charge on any atom is 0.265 e. The molecule has 1 amide bonds. The summed E-state index contributed by atoms with van der Waals surface area (Å²) in [6.45, 7) is 5.07. The number of rotatable bonds is 2. The molecular formula is C11H15N5OS. The summed E-state index contributed by atoms with van der Waals surface area (Å²) in [5, 5.41) is 4.62. The van der Waals surface area contributed by atoms with Gasteiger partial charge >= 0.3 is 0 Å². The Labute approximate surface area is 109 Å². The molecule has 0 atom stereocenters. The number of aromatic nitrogens is 1. The zero-order valence-electron chi connectivity index (χ0n) is 10.5. The largest absolute Gasteiger partial charge is 0.338 e. The molecule has 1 fully saturated rings. The quantitative estimate of drug-likeness (QED) is 0.468. The first kappa shape index (κ1) is 12.9. The number of hydrogen-bond donors (Lipinski definition) is 0. The van der Waals surface area contributed by atoms with Gasteiger partial charge in [0.15, 0.2) is 0 Å². The van der Waals surface area contributed by atoms with Crippen molar-refractivity contribution in [1.82, 2.24) is 9.88 Å². The zero-order valence-corrected chi connectivity index (χ0v) is 11.3. The molecule has 2 rings (SSSR count). The molecule has 6 nitrogen and oxygen atoms in total. The lowest BCUT2D eigenvalue weighted by Gasteiger charge is -2.29. The molecule has 7 heteroatoms. The minimum atomic E-state index is 0.0309. The van der Waals surface area contributed by atoms with Crippen LogP contribution in [0, 0.1) is 13.8 Å². The van der Waals surface area contributed by atoms with Crippen LogP contribution in [0.2, 0.25) is 0 Å². The summed E-state index contributed by atoms with van der Waals surface area (Å²) in [7, 11) is 0. The summed E-state index contributed by atoms with van der Waals surface area (Å²) in [6, 6.07) is 0.0309. The van der Waals surface area contributed by atoms with Crippen LogP contribution < -0.4 is 0 Å². The maximum atomic E-state index is 12.3. The average Bonchev–Trinajstić information content (AvgIpc) is 2.69. The predicted molar refractivity (Wildman–Crippen MR) is 69.7 cm³/mol. The van der Waals surface area contributed by atoms with Crippen LogP contribution in [0.5, 0.6) is 0 Å². The van der Waals surface area contributed by atoms with E-state index in [1.807, 2.05) is 18.7 Å². The lowest BCUT2D eigenvalue weighted by Crippen LogP contribution is -2.39. The zero-order chi connectivity index (χ0) is 13.1. The van der Waals surface area contributed by atoms with Crippen molar-refractivity contribution in [3.63, 3.8) is 0 Å². The van der Waals surface area contributed by atoms with Gasteiger partial charge in [0.2, 0.25) is 0 Å². The molecule has 0 bridgehead atoms. The van der Waals surface area contributed by atoms with E-state index in [4.69, 9.17) is 5.53 Å². The molecule has 1 saturated heterocycles. The van der Waals surface area contributed by atoms with Crippen LogP contribution in [-0.4, -0.2) is 34.9 Å². The molecule has 1 aromatic heterocycles. The Bertz CT molecular complexity index is 498. The second kappa shape index (κ2) is 5.37. The van der Waals surface area contributed by atoms with Gasteiger partial charge < -0.3 is 4.90 Å². The third kappa shape index (κ3) is 2.63. The van der Waals surface area contributed by atoms with Crippen molar-refractivity contribution in [2.75, 3.05) is 13.1 Å². The van der Waals surface area contributed by atoms with Crippen LogP contribution in [0.25, 0.3) is 10.4 Å². The molecule has 0 aromatic carbocycles. The number of carbonyl (C=O) groups excluding carboxylic acids is 1. The van der Waals surface area contributed by atoms with Gasteiger partial charge in [0.05, 0.1) is 10.7 Å². The van der Waals surface area contributed by atoms with Crippen molar-refractivity contribution >= 4 is 17.2 Å². The third-order valence-corrected chi connectivity index (χ3v) is 4.13. The SMILES string of the molecule is Cc1nc(C)c(C(=O)N2CCC(N=[N+]=[N-])CC2)s1. The first-order chi connectivity index (χ1) is 8.61. The molecule has 0 saturated carbocycles. The molecule has 0 N–H and O–H groups in total. The number of amides is 1. The number of thiazole rings is 1. The number of nitrogens with zero attached hydrogens (tertiary/aromatic N) is 5. The van der Waals surface area contributed by atoms with E-state index in [9.17, 15) is 4.79 Å². The molecule has 0 radical (unpaired) electrons. The minimum Gasteiger partial charge on any atom is -0.338 e. The molecule has 96 valence electrons. The van der Waals surface area contributed by atoms with E-state index in [1.54, 1.807) is 0 Å². The van der Waals surface area contributed by atoms with E-state index in [-0.39, 0.29) is 11.9 Å². The highest BCUT2D eigenvalue weighted by Gasteiger charge is 2.25. The van der Waals surface area contributed by atoms with Crippen LogP contribution in [0.3, 0.4) is 0 Å². The van der Waals surface area contributed by atoms with Gasteiger partial charge in [-0.25, -0.2) is 4.98 Å². The first-order valence-corrected chi connectivity index (χ1v) is 6.71. The second-order valence-electron chi connectivity index (χ2n) is 4.38. The Morgan fingerprint density at radius 2 is 2.17 bits per heavy atom. The topological polar surface area (TPSA) is 82.0 Å². The molecule has 0 aliphatic carbocycles. The number of hydrogen-bond acceptors (Lipinski definition) is 4. The van der Waals surface area contributed by atoms with Crippen LogP contribution in [-0.2, 0) is 0 Å². The average molecular weight is 265 g/mol. The molecule has 1 aliphatic rings. The molecule has 1 aliphatic heterocycles. The smallest absolute Gasteiger partial charge is 0.265 e. The fourth-order valence-corrected chi connectivity index (χ4v) is 3.02. The van der Waals surface area contributed by atoms with Gasteiger partial charge in [-0.2, -0.15) is 0 Å². The number of aryl methyl sites for hydroxylation is 2. The third-order valence-electron chi connectivity index (χ3n) is 3.06. The summed E-state index contributed by atoms with van der Waals surface area (Å²) < 4.78 is 0. The summed E-state index contributed by atoms with van der Waals surface area (Å²) in [4.78, 5) is 21.9. The van der Waals surface area contributed by atoms with Crippen molar-refractivity contribution in [3.05, 3.63) is 26.0 Å². The summed E-state index contributed by atoms with van der Waals surface area (Å²) >= 11 is 1.44. The van der Waals surface area contributed by atoms with Gasteiger partial charge in [0.25, 0.3) is 5.91 Å². The molecule has 2 heterocycles. The predicted octanol–water partition coefficient (Wildman–Crippen LogP) is 2.67. The van der Waals surface area contributed by atoms with Gasteiger partial charge in [0, 0.05) is 24.0 Å². The lowest BCUT2D eigenvalue weighted by atomic mass is 10.1. The van der Waals surface area contributed by atoms with Gasteiger partial charge in [-0.1, -0.05) is 5.11 Å². The van der Waals surface area contributed by atoms with Crippen molar-refractivity contribution in [2.24, 2.45) is 5.11 Å². The van der Waals surface area contributed by atoms with Gasteiger partial charge in [-0.3, -0.25) is 4.79 Å². The van der Waals surface area contributed by atoms with Crippen LogP contribution in [0.15, 0.2) is 5.11 Å². The Morgan fingerprint density at radius 1 is 1.50 bits per heavy atom. The van der Waals surface area contributed by atoms with Crippen molar-refractivity contribution < 1.29 is 4.79 Å². The van der Waals surface area contributed by atoms with Crippen molar-refractivity contribution in [3.8, 4) is 0 Å². The summed E-state index contributed by atoms with van der Waals surface area (Å²) in [5.41, 5.74) is 9.19. The van der Waals surface area contributed by atoms with Gasteiger partial charge in [0.1, 0.15) is 4.88 Å². The van der Waals surface area contributed by atoms with E-state index in [1.165, 1.54) is 11.3 Å². The van der Waals surface area contributed by atoms with Crippen molar-refractivity contribution in [1.29, 1.82) is 0 Å². The Hall–Kier alpha value is -1.59. The number of likely N-dealkylation sites (tertiary alicyclic amines) is 1. The van der Waals surface area contributed by atoms with E-state index in [2.05, 4.69) is 15.0 Å². The van der Waals surface area contributed by atoms with Crippen LogP contribution >= 0.6 is 11.3 Å². The summed E-state index contributed by atoms with van der Waals surface area (Å²) in [6.07, 6.45) is 1.49. The molecule has 0 unspecified atom stereocenters. The van der Waals surface area contributed by atoms with E-state index in [0.29, 0.717) is 13.1 Å². The fourth-order valence-electron chi connectivity index (χ4n) is 2.13. The Kier molecular flexibility index (Phi) is 3.84. The first-order valence-electron chi connectivity index (χ1n) is 5.89. The van der Waals surface area contributed by atoms with Crippen LogP contribution in [0.4, 0.5) is 0 Å². The number of piperidine rings is 1. The number of azide groups is 1. The highest BCUT2D eigenvalue weighted by molar-refractivity contribution is 7.13. The van der Waals surface area contributed by atoms with Gasteiger partial charge in [-0.05, 0) is 32.2 Å². The highest BCUT2D eigenvalue weighted by Crippen LogP contribution is 2.22. The molecule has 18 heavy (non-hydrogen) atoms. The second-order valence-corrected chi connectivity index (χ2v) is 5.58. The van der Waals surface area contributed by atoms with Crippen LogP contribution in [0.1, 0.15) is 33.2 Å². The van der Waals surface area contributed by atoms with E-state index in [0.717, 1.165) is 28.4 Å². The fraction of sp³-hybridized carbons (Fsp3) is 0.636. The van der Waals surface area contributed by atoms with Crippen molar-refractivity contribution in [2.45, 2.75) is 32.7 Å². The molecule has 1 aromatic rings. The monoisotopic (exact) mass is 265 g/mol. The standard InChI is InChI=1S/C11H15N5OS/c1-7-10(18-8(2)13-7)11(17)16-5-3-9(4-6-16)14-15-12/h9H,3-6H2,1-2H3. The highest BCUT2D eigenvalue weighted by atomic mass is 32.1. The Morgan fingerprint density at radius 3 is 2.67 bits per heavy atom. The normalized spacial score (nSPS) is 16.4. The Balaban J connectivity index is 2.03. The molecule has 0 spiro atoms. The van der Waals surface area contributed by atoms with Gasteiger partial charge in [-0.15, -0.1) is 11.3 Å². The maximum absolute atomic E-state index is 12.3. The van der Waals surface area contributed by atoms with E-state index >= 15 is 0 Å².